The number of benzene rings is 3. The molecule has 200 valence electrons. The molecule has 0 radical (unpaired) electrons. The Morgan fingerprint density at radius 3 is 1.47 bits per heavy atom. The average molecular weight is 525 g/mol. The maximum Gasteiger partial charge on any atom is 0.342 e. The zero-order chi connectivity index (χ0) is 27.5. The summed E-state index contributed by atoms with van der Waals surface area (Å²) in [7, 11) is 5.67. The first-order valence-electron chi connectivity index (χ1n) is 11.5. The van der Waals surface area contributed by atoms with E-state index in [2.05, 4.69) is 0 Å². The normalized spacial score (nSPS) is 10.3. The highest BCUT2D eigenvalue weighted by Gasteiger charge is 2.25. The minimum absolute atomic E-state index is 0.109. The molecule has 0 aliphatic rings. The Morgan fingerprint density at radius 1 is 0.579 bits per heavy atom. The van der Waals surface area contributed by atoms with Crippen molar-refractivity contribution < 1.29 is 47.5 Å². The summed E-state index contributed by atoms with van der Waals surface area (Å²) >= 11 is 0. The minimum atomic E-state index is -1.12. The third-order valence-electron chi connectivity index (χ3n) is 5.33. The number of rotatable bonds is 12. The first kappa shape index (κ1) is 27.9. The van der Waals surface area contributed by atoms with Gasteiger partial charge < -0.3 is 33.2 Å². The van der Waals surface area contributed by atoms with E-state index in [1.807, 2.05) is 0 Å². The first-order valence-corrected chi connectivity index (χ1v) is 11.5. The van der Waals surface area contributed by atoms with Crippen LogP contribution in [0.25, 0.3) is 0 Å². The molecule has 3 aromatic carbocycles. The number of carbonyl (C=O) groups excluding carboxylic acids is 3. The van der Waals surface area contributed by atoms with Gasteiger partial charge in [-0.2, -0.15) is 0 Å². The fourth-order valence-corrected chi connectivity index (χ4v) is 3.50. The van der Waals surface area contributed by atoms with E-state index >= 15 is 0 Å². The molecule has 0 bridgehead atoms. The molecule has 0 N–H and O–H groups in total. The van der Waals surface area contributed by atoms with Gasteiger partial charge in [0, 0.05) is 0 Å². The summed E-state index contributed by atoms with van der Waals surface area (Å²) in [6.07, 6.45) is -1.12. The van der Waals surface area contributed by atoms with Crippen LogP contribution in [0.3, 0.4) is 0 Å². The van der Waals surface area contributed by atoms with Crippen molar-refractivity contribution in [1.29, 1.82) is 0 Å². The lowest BCUT2D eigenvalue weighted by molar-refractivity contribution is -0.0255. The minimum Gasteiger partial charge on any atom is -0.493 e. The van der Waals surface area contributed by atoms with Crippen molar-refractivity contribution in [2.75, 3.05) is 41.7 Å². The molecule has 0 atom stereocenters. The van der Waals surface area contributed by atoms with Gasteiger partial charge in [0.1, 0.15) is 24.3 Å². The summed E-state index contributed by atoms with van der Waals surface area (Å²) in [6.45, 7) is -0.805. The van der Waals surface area contributed by atoms with Crippen molar-refractivity contribution in [3.05, 3.63) is 83.4 Å². The van der Waals surface area contributed by atoms with Gasteiger partial charge in [-0.3, -0.25) is 0 Å². The topological polar surface area (TPSA) is 116 Å². The number of methoxy groups -OCH3 is 4. The van der Waals surface area contributed by atoms with E-state index in [4.69, 9.17) is 33.2 Å². The Kier molecular flexibility index (Phi) is 9.93. The molecule has 0 aliphatic carbocycles. The Bertz CT molecular complexity index is 1180. The molecule has 0 spiro atoms. The standard InChI is InChI=1S/C28H28O10/c1-32-22-14-8-12-20(24(22)34-3)27(30)36-16-19(38-26(29)18-10-6-5-7-11-18)17-37-28(31)21-13-9-15-23(33-2)25(21)35-4/h5-15,19H,16-17H2,1-4H3. The van der Waals surface area contributed by atoms with Crippen molar-refractivity contribution >= 4 is 17.9 Å². The van der Waals surface area contributed by atoms with Crippen LogP contribution in [0, 0.1) is 0 Å². The highest BCUT2D eigenvalue weighted by Crippen LogP contribution is 2.32. The Hall–Kier alpha value is -4.73. The van der Waals surface area contributed by atoms with Crippen LogP contribution in [0.1, 0.15) is 31.1 Å². The summed E-state index contributed by atoms with van der Waals surface area (Å²) in [5.41, 5.74) is 0.496. The number of hydrogen-bond donors (Lipinski definition) is 0. The van der Waals surface area contributed by atoms with Gasteiger partial charge in [0.15, 0.2) is 29.1 Å². The second-order valence-corrected chi connectivity index (χ2v) is 7.67. The Morgan fingerprint density at radius 2 is 1.05 bits per heavy atom. The SMILES string of the molecule is COc1cccc(C(=O)OCC(COC(=O)c2cccc(OC)c2OC)OC(=O)c2ccccc2)c1OC. The third kappa shape index (κ3) is 6.73. The molecule has 0 aliphatic heterocycles. The maximum atomic E-state index is 12.8. The van der Waals surface area contributed by atoms with E-state index in [0.29, 0.717) is 11.5 Å². The van der Waals surface area contributed by atoms with Gasteiger partial charge >= 0.3 is 17.9 Å². The van der Waals surface area contributed by atoms with Crippen molar-refractivity contribution in [3.8, 4) is 23.0 Å². The summed E-state index contributed by atoms with van der Waals surface area (Å²) in [6, 6.07) is 17.7. The predicted octanol–water partition coefficient (Wildman–Crippen LogP) is 3.96. The molecule has 0 saturated carbocycles. The van der Waals surface area contributed by atoms with Crippen LogP contribution in [0.5, 0.6) is 23.0 Å². The average Bonchev–Trinajstić information content (AvgIpc) is 2.97. The number of carbonyl (C=O) groups is 3. The summed E-state index contributed by atoms with van der Waals surface area (Å²) < 4.78 is 37.3. The lowest BCUT2D eigenvalue weighted by atomic mass is 10.2. The van der Waals surface area contributed by atoms with E-state index in [-0.39, 0.29) is 28.2 Å². The molecule has 0 heterocycles. The zero-order valence-electron chi connectivity index (χ0n) is 21.4. The molecule has 10 nitrogen and oxygen atoms in total. The predicted molar refractivity (Wildman–Crippen MR) is 135 cm³/mol. The van der Waals surface area contributed by atoms with Crippen molar-refractivity contribution in [1.82, 2.24) is 0 Å². The number of ether oxygens (including phenoxy) is 7. The lowest BCUT2D eigenvalue weighted by Gasteiger charge is -2.19. The quantitative estimate of drug-likeness (QED) is 0.255. The maximum absolute atomic E-state index is 12.8. The van der Waals surface area contributed by atoms with Crippen molar-refractivity contribution in [2.45, 2.75) is 6.10 Å². The molecule has 38 heavy (non-hydrogen) atoms. The van der Waals surface area contributed by atoms with Gasteiger partial charge in [0.25, 0.3) is 0 Å². The summed E-state index contributed by atoms with van der Waals surface area (Å²) in [4.78, 5) is 38.3. The molecular weight excluding hydrogens is 496 g/mol. The summed E-state index contributed by atoms with van der Waals surface area (Å²) in [5.74, 6) is -1.11. The van der Waals surface area contributed by atoms with E-state index in [0.717, 1.165) is 0 Å². The fraction of sp³-hybridized carbons (Fsp3) is 0.250. The molecule has 0 amide bonds. The zero-order valence-corrected chi connectivity index (χ0v) is 21.4. The first-order chi connectivity index (χ1) is 18.4. The highest BCUT2D eigenvalue weighted by molar-refractivity contribution is 5.94. The van der Waals surface area contributed by atoms with E-state index in [1.165, 1.54) is 40.6 Å². The Labute approximate surface area is 219 Å². The molecule has 0 unspecified atom stereocenters. The second-order valence-electron chi connectivity index (χ2n) is 7.67. The monoisotopic (exact) mass is 524 g/mol. The molecule has 0 fully saturated rings. The van der Waals surface area contributed by atoms with Gasteiger partial charge in [-0.1, -0.05) is 30.3 Å². The molecule has 0 aromatic heterocycles. The van der Waals surface area contributed by atoms with Crippen molar-refractivity contribution in [3.63, 3.8) is 0 Å². The number of hydrogen-bond acceptors (Lipinski definition) is 10. The summed E-state index contributed by atoms with van der Waals surface area (Å²) in [5, 5.41) is 0. The molecule has 10 heteroatoms. The van der Waals surface area contributed by atoms with Crippen LogP contribution in [-0.2, 0) is 14.2 Å². The molecule has 3 aromatic rings. The largest absolute Gasteiger partial charge is 0.493 e. The van der Waals surface area contributed by atoms with Crippen LogP contribution in [0.4, 0.5) is 0 Å². The van der Waals surface area contributed by atoms with Gasteiger partial charge in [-0.05, 0) is 36.4 Å². The van der Waals surface area contributed by atoms with Gasteiger partial charge in [-0.25, -0.2) is 14.4 Å². The highest BCUT2D eigenvalue weighted by atomic mass is 16.6. The van der Waals surface area contributed by atoms with Crippen LogP contribution in [0.2, 0.25) is 0 Å². The van der Waals surface area contributed by atoms with Gasteiger partial charge in [0.05, 0.1) is 34.0 Å². The number of esters is 3. The fourth-order valence-electron chi connectivity index (χ4n) is 3.50. The van der Waals surface area contributed by atoms with Crippen LogP contribution < -0.4 is 18.9 Å². The van der Waals surface area contributed by atoms with Crippen molar-refractivity contribution in [2.24, 2.45) is 0 Å². The van der Waals surface area contributed by atoms with Crippen LogP contribution in [-0.4, -0.2) is 65.7 Å². The molecular formula is C28H28O10. The molecule has 3 rings (SSSR count). The van der Waals surface area contributed by atoms with Crippen LogP contribution in [0.15, 0.2) is 66.7 Å². The van der Waals surface area contributed by atoms with Gasteiger partial charge in [0.2, 0.25) is 0 Å². The smallest absolute Gasteiger partial charge is 0.342 e. The Balaban J connectivity index is 1.76. The van der Waals surface area contributed by atoms with E-state index < -0.39 is 37.2 Å². The second kappa shape index (κ2) is 13.5. The number of para-hydroxylation sites is 2. The lowest BCUT2D eigenvalue weighted by Crippen LogP contribution is -2.31. The molecule has 0 saturated heterocycles. The third-order valence-corrected chi connectivity index (χ3v) is 5.33. The van der Waals surface area contributed by atoms with Gasteiger partial charge in [-0.15, -0.1) is 0 Å². The van der Waals surface area contributed by atoms with E-state index in [1.54, 1.807) is 54.6 Å². The van der Waals surface area contributed by atoms with E-state index in [9.17, 15) is 14.4 Å². The van der Waals surface area contributed by atoms with Crippen LogP contribution >= 0.6 is 0 Å².